The second-order valence-corrected chi connectivity index (χ2v) is 7.07. The first-order chi connectivity index (χ1) is 9.50. The molecular weight excluding hydrogens is 281 g/mol. The van der Waals surface area contributed by atoms with Crippen molar-refractivity contribution in [1.29, 1.82) is 0 Å². The van der Waals surface area contributed by atoms with Crippen LogP contribution in [0.1, 0.15) is 40.0 Å². The normalized spacial score (nSPS) is 24.6. The van der Waals surface area contributed by atoms with Crippen molar-refractivity contribution >= 4 is 13.6 Å². The first-order valence-electron chi connectivity index (χ1n) is 7.31. The van der Waals surface area contributed by atoms with Crippen molar-refractivity contribution in [3.63, 3.8) is 0 Å². The molecule has 2 N–H and O–H groups in total. The largest absolute Gasteiger partial charge is 0.465 e. The number of nitrogens with two attached hydrogens (primary N) is 1. The fourth-order valence-corrected chi connectivity index (χ4v) is 5.26. The molecule has 0 aromatic heterocycles. The average molecular weight is 307 g/mol. The van der Waals surface area contributed by atoms with Crippen LogP contribution in [0.5, 0.6) is 0 Å². The molecule has 0 saturated heterocycles. The van der Waals surface area contributed by atoms with E-state index >= 15 is 0 Å². The van der Waals surface area contributed by atoms with Crippen LogP contribution in [0, 0.1) is 5.92 Å². The van der Waals surface area contributed by atoms with Gasteiger partial charge >= 0.3 is 13.6 Å². The lowest BCUT2D eigenvalue weighted by Gasteiger charge is -2.29. The van der Waals surface area contributed by atoms with Crippen LogP contribution in [-0.2, 0) is 23.1 Å². The van der Waals surface area contributed by atoms with Gasteiger partial charge in [-0.3, -0.25) is 9.36 Å². The lowest BCUT2D eigenvalue weighted by molar-refractivity contribution is -0.146. The van der Waals surface area contributed by atoms with Gasteiger partial charge in [-0.2, -0.15) is 0 Å². The van der Waals surface area contributed by atoms with Crippen LogP contribution in [0.25, 0.3) is 0 Å². The second-order valence-electron chi connectivity index (χ2n) is 4.82. The Bertz CT molecular complexity index is 353. The zero-order valence-electron chi connectivity index (χ0n) is 12.5. The Morgan fingerprint density at radius 1 is 1.20 bits per heavy atom. The quantitative estimate of drug-likeness (QED) is 0.547. The Balaban J connectivity index is 2.86. The molecule has 118 valence electrons. The first-order valence-corrected chi connectivity index (χ1v) is 8.92. The van der Waals surface area contributed by atoms with Gasteiger partial charge in [-0.05, 0) is 39.5 Å². The molecule has 6 nitrogen and oxygen atoms in total. The average Bonchev–Trinajstić information content (AvgIpc) is 2.88. The summed E-state index contributed by atoms with van der Waals surface area (Å²) in [7, 11) is -3.22. The Kier molecular flexibility index (Phi) is 7.17. The smallest absolute Gasteiger partial charge is 0.334 e. The van der Waals surface area contributed by atoms with Gasteiger partial charge in [0.25, 0.3) is 0 Å². The Labute approximate surface area is 120 Å². The highest BCUT2D eigenvalue weighted by Gasteiger charge is 2.47. The molecule has 0 spiro atoms. The number of rotatable bonds is 8. The topological polar surface area (TPSA) is 87.9 Å². The Morgan fingerprint density at radius 3 is 2.30 bits per heavy atom. The second kappa shape index (κ2) is 8.13. The van der Waals surface area contributed by atoms with Crippen molar-refractivity contribution < 1.29 is 23.1 Å². The molecule has 1 aliphatic carbocycles. The third kappa shape index (κ3) is 4.04. The molecule has 0 radical (unpaired) electrons. The van der Waals surface area contributed by atoms with Gasteiger partial charge in [-0.25, -0.2) is 0 Å². The Hall–Kier alpha value is -0.420. The van der Waals surface area contributed by atoms with Gasteiger partial charge in [0.1, 0.15) is 6.04 Å². The van der Waals surface area contributed by atoms with Crippen molar-refractivity contribution in [3.8, 4) is 0 Å². The van der Waals surface area contributed by atoms with Gasteiger partial charge in [-0.15, -0.1) is 0 Å². The van der Waals surface area contributed by atoms with Crippen molar-refractivity contribution in [1.82, 2.24) is 0 Å². The highest BCUT2D eigenvalue weighted by molar-refractivity contribution is 7.54. The van der Waals surface area contributed by atoms with E-state index in [-0.39, 0.29) is 11.6 Å². The van der Waals surface area contributed by atoms with Crippen molar-refractivity contribution in [2.75, 3.05) is 19.8 Å². The maximum absolute atomic E-state index is 12.9. The maximum Gasteiger partial charge on any atom is 0.334 e. The molecule has 0 aliphatic heterocycles. The van der Waals surface area contributed by atoms with Crippen LogP contribution in [0.2, 0.25) is 0 Å². The molecule has 0 aromatic carbocycles. The molecule has 7 heteroatoms. The highest BCUT2D eigenvalue weighted by atomic mass is 31.2. The zero-order chi connectivity index (χ0) is 15.2. The maximum atomic E-state index is 12.9. The van der Waals surface area contributed by atoms with Crippen LogP contribution in [-0.4, -0.2) is 37.5 Å². The van der Waals surface area contributed by atoms with E-state index in [0.717, 1.165) is 12.8 Å². The van der Waals surface area contributed by atoms with Crippen LogP contribution < -0.4 is 5.73 Å². The summed E-state index contributed by atoms with van der Waals surface area (Å²) in [6, 6.07) is -0.767. The summed E-state index contributed by atoms with van der Waals surface area (Å²) < 4.78 is 28.6. The molecule has 0 heterocycles. The van der Waals surface area contributed by atoms with Crippen LogP contribution in [0.4, 0.5) is 0 Å². The predicted octanol–water partition coefficient (Wildman–Crippen LogP) is 2.31. The number of hydrogen-bond acceptors (Lipinski definition) is 6. The zero-order valence-corrected chi connectivity index (χ0v) is 13.4. The summed E-state index contributed by atoms with van der Waals surface area (Å²) in [5.74, 6) is -0.651. The summed E-state index contributed by atoms with van der Waals surface area (Å²) >= 11 is 0. The van der Waals surface area contributed by atoms with Crippen molar-refractivity contribution in [2.24, 2.45) is 11.7 Å². The SMILES string of the molecule is CCOC(=O)[C@@H](N)[C@H]1CCC[C@H]1P(=O)(OCC)OCC. The van der Waals surface area contributed by atoms with Gasteiger partial charge in [0.15, 0.2) is 0 Å². The molecule has 0 bridgehead atoms. The summed E-state index contributed by atoms with van der Waals surface area (Å²) in [5, 5.41) is 0. The molecule has 0 unspecified atom stereocenters. The molecular formula is C13H26NO5P. The van der Waals surface area contributed by atoms with Crippen molar-refractivity contribution in [2.45, 2.75) is 51.7 Å². The number of hydrogen-bond donors (Lipinski definition) is 1. The van der Waals surface area contributed by atoms with E-state index in [9.17, 15) is 9.36 Å². The minimum atomic E-state index is -3.22. The predicted molar refractivity (Wildman–Crippen MR) is 76.6 cm³/mol. The molecule has 1 saturated carbocycles. The molecule has 20 heavy (non-hydrogen) atoms. The van der Waals surface area contributed by atoms with Gasteiger partial charge in [0, 0.05) is 0 Å². The van der Waals surface area contributed by atoms with Crippen LogP contribution in [0.15, 0.2) is 0 Å². The van der Waals surface area contributed by atoms with Gasteiger partial charge in [-0.1, -0.05) is 6.42 Å². The third-order valence-electron chi connectivity index (χ3n) is 3.58. The first kappa shape index (κ1) is 17.6. The van der Waals surface area contributed by atoms with E-state index in [1.54, 1.807) is 20.8 Å². The van der Waals surface area contributed by atoms with E-state index in [2.05, 4.69) is 0 Å². The standard InChI is InChI=1S/C13H26NO5P/c1-4-17-13(15)12(14)10-8-7-9-11(10)20(16,18-5-2)19-6-3/h10-12H,4-9,14H2,1-3H3/t10-,11+,12-/m0/s1. The van der Waals surface area contributed by atoms with Gasteiger partial charge in [0.2, 0.25) is 0 Å². The fourth-order valence-electron chi connectivity index (χ4n) is 2.78. The highest BCUT2D eigenvalue weighted by Crippen LogP contribution is 2.60. The minimum absolute atomic E-state index is 0.210. The van der Waals surface area contributed by atoms with E-state index in [4.69, 9.17) is 19.5 Å². The van der Waals surface area contributed by atoms with E-state index in [1.165, 1.54) is 0 Å². The van der Waals surface area contributed by atoms with E-state index in [0.29, 0.717) is 26.2 Å². The molecule has 0 amide bonds. The Morgan fingerprint density at radius 2 is 1.80 bits per heavy atom. The number of carbonyl (C=O) groups excluding carboxylic acids is 1. The van der Waals surface area contributed by atoms with Crippen LogP contribution in [0.3, 0.4) is 0 Å². The van der Waals surface area contributed by atoms with Crippen LogP contribution >= 0.6 is 7.60 Å². The molecule has 0 aromatic rings. The minimum Gasteiger partial charge on any atom is -0.465 e. The number of ether oxygens (including phenoxy) is 1. The molecule has 1 rings (SSSR count). The fraction of sp³-hybridized carbons (Fsp3) is 0.923. The molecule has 1 fully saturated rings. The van der Waals surface area contributed by atoms with E-state index < -0.39 is 19.6 Å². The monoisotopic (exact) mass is 307 g/mol. The van der Waals surface area contributed by atoms with Crippen molar-refractivity contribution in [3.05, 3.63) is 0 Å². The summed E-state index contributed by atoms with van der Waals surface area (Å²) in [6.45, 7) is 6.21. The number of carbonyl (C=O) groups is 1. The van der Waals surface area contributed by atoms with E-state index in [1.807, 2.05) is 0 Å². The van der Waals surface area contributed by atoms with Gasteiger partial charge in [0.05, 0.1) is 25.5 Å². The summed E-state index contributed by atoms with van der Waals surface area (Å²) in [4.78, 5) is 11.8. The lowest BCUT2D eigenvalue weighted by Crippen LogP contribution is -2.42. The molecule has 1 aliphatic rings. The number of esters is 1. The summed E-state index contributed by atoms with van der Waals surface area (Å²) in [5.41, 5.74) is 5.66. The molecule has 3 atom stereocenters. The summed E-state index contributed by atoms with van der Waals surface area (Å²) in [6.07, 6.45) is 2.32. The lowest BCUT2D eigenvalue weighted by atomic mass is 9.99. The van der Waals surface area contributed by atoms with Gasteiger partial charge < -0.3 is 19.5 Å². The third-order valence-corrected chi connectivity index (χ3v) is 6.27.